The minimum atomic E-state index is -2.36. The van der Waals surface area contributed by atoms with Crippen LogP contribution in [0.4, 0.5) is 0 Å². The summed E-state index contributed by atoms with van der Waals surface area (Å²) in [5.74, 6) is 6.20. The Morgan fingerprint density at radius 2 is 1.52 bits per heavy atom. The highest BCUT2D eigenvalue weighted by Crippen LogP contribution is 2.84. The van der Waals surface area contributed by atoms with E-state index in [1.54, 1.807) is 6.08 Å². The minimum Gasteiger partial charge on any atom is -0.454 e. The number of aliphatic hydroxyl groups excluding tert-OH is 3. The first-order valence-electron chi connectivity index (χ1n) is 35.6. The lowest BCUT2D eigenvalue weighted by Crippen LogP contribution is -2.87. The molecule has 89 heavy (non-hydrogen) atoms. The summed E-state index contributed by atoms with van der Waals surface area (Å²) in [4.78, 5) is 30.5. The smallest absolute Gasteiger partial charge is 0.331 e. The maximum Gasteiger partial charge on any atom is 0.331 e. The highest BCUT2D eigenvalue weighted by Gasteiger charge is 2.90. The average molecular weight is 1210 g/mol. The van der Waals surface area contributed by atoms with Gasteiger partial charge in [0.25, 0.3) is 0 Å². The van der Waals surface area contributed by atoms with Gasteiger partial charge in [-0.25, -0.2) is 4.79 Å². The van der Waals surface area contributed by atoms with Crippen molar-refractivity contribution in [3.8, 4) is 11.8 Å². The van der Waals surface area contributed by atoms with Gasteiger partial charge in [-0.05, 0) is 241 Å². The Morgan fingerprint density at radius 3 is 2.30 bits per heavy atom. The largest absolute Gasteiger partial charge is 0.454 e. The Bertz CT molecular complexity index is 3420. The standard InChI is InChI=1S/C78H97NO10/c1-45-51-17-16-48(30-51)29-46-10-8-11-47(28-46)31-58-35-56-33-55-32-53(49-12-4-3-5-13-49)19-20-61(55)74(56)42-72(43-81)66-23-27-73-41-71(24-6-7-25-71)26-22-50-14-9-15-54(40-80)59(50)37-65(79-2)60-36-57(75(73,44-82)63-38-67(83)89-68(60)63)39-76(73,85)78(66,87)69(84)64-34-52(45)18-21-62(70(74)88-58)77(64,72)86/h3-5,8-15,28,38,43,45,48,51-53,55-58,60-62,64-66,68-70,79-80,82,84-87H,6-7,16-21,23-25,27,29-37,39-42,44H2,1-2H3. The molecule has 11 heteroatoms. The Morgan fingerprint density at radius 1 is 0.742 bits per heavy atom. The molecule has 3 heterocycles. The molecule has 3 spiro atoms. The topological polar surface area (TPSA) is 186 Å². The first-order valence-corrected chi connectivity index (χ1v) is 35.6. The molecule has 10 saturated carbocycles. The van der Waals surface area contributed by atoms with Crippen molar-refractivity contribution in [3.63, 3.8) is 0 Å². The molecule has 7 N–H and O–H groups in total. The van der Waals surface area contributed by atoms with E-state index in [0.29, 0.717) is 67.8 Å². The van der Waals surface area contributed by atoms with E-state index >= 15 is 20.1 Å². The van der Waals surface area contributed by atoms with Gasteiger partial charge in [0.05, 0.1) is 42.5 Å². The van der Waals surface area contributed by atoms with Gasteiger partial charge in [0.2, 0.25) is 0 Å². The zero-order chi connectivity index (χ0) is 60.8. The van der Waals surface area contributed by atoms with E-state index in [2.05, 4.69) is 78.7 Å². The van der Waals surface area contributed by atoms with Crippen molar-refractivity contribution in [2.45, 2.75) is 221 Å². The van der Waals surface area contributed by atoms with E-state index in [9.17, 15) is 20.1 Å². The molecule has 474 valence electrons. The van der Waals surface area contributed by atoms with Crippen molar-refractivity contribution in [2.75, 3.05) is 13.7 Å². The lowest BCUT2D eigenvalue weighted by Gasteiger charge is -2.77. The van der Waals surface area contributed by atoms with E-state index in [-0.39, 0.29) is 73.7 Å². The van der Waals surface area contributed by atoms with Crippen LogP contribution in [0.3, 0.4) is 0 Å². The third-order valence-electron chi connectivity index (χ3n) is 30.6. The molecule has 11 fully saturated rings. The Hall–Kier alpha value is -4.22. The van der Waals surface area contributed by atoms with Crippen molar-refractivity contribution in [1.82, 2.24) is 5.32 Å². The van der Waals surface area contributed by atoms with Crippen LogP contribution >= 0.6 is 0 Å². The fourth-order valence-electron chi connectivity index (χ4n) is 27.2. The number of likely N-dealkylation sites (N-methyl/N-ethyl adjacent to an activating group) is 1. The number of benzene rings is 3. The second-order valence-electron chi connectivity index (χ2n) is 33.0. The zero-order valence-corrected chi connectivity index (χ0v) is 52.7. The van der Waals surface area contributed by atoms with Crippen LogP contribution in [-0.2, 0) is 44.9 Å². The van der Waals surface area contributed by atoms with Gasteiger partial charge < -0.3 is 50.2 Å². The van der Waals surface area contributed by atoms with E-state index in [4.69, 9.17) is 9.47 Å². The first kappa shape index (κ1) is 58.6. The minimum absolute atomic E-state index is 0.0189. The summed E-state index contributed by atoms with van der Waals surface area (Å²) in [5.41, 5.74) is -4.51. The summed E-state index contributed by atoms with van der Waals surface area (Å²) < 4.78 is 14.6. The number of hydrogen-bond donors (Lipinski definition) is 7. The van der Waals surface area contributed by atoms with Crippen LogP contribution in [0.1, 0.15) is 181 Å². The number of ether oxygens (including phenoxy) is 2. The molecule has 18 rings (SSSR count). The number of carbonyl (C=O) groups excluding carboxylic acids is 2. The summed E-state index contributed by atoms with van der Waals surface area (Å²) in [5, 5.41) is 89.1. The number of fused-ring (bicyclic) bond motifs is 12. The fraction of sp³-hybridized carbons (Fsp3) is 0.692. The van der Waals surface area contributed by atoms with Gasteiger partial charge in [-0.2, -0.15) is 0 Å². The molecule has 25 unspecified atom stereocenters. The van der Waals surface area contributed by atoms with Crippen molar-refractivity contribution in [1.29, 1.82) is 0 Å². The van der Waals surface area contributed by atoms with Gasteiger partial charge in [-0.15, -0.1) is 0 Å². The van der Waals surface area contributed by atoms with Crippen LogP contribution in [-0.4, -0.2) is 104 Å². The number of carbonyl (C=O) groups is 2. The van der Waals surface area contributed by atoms with Crippen LogP contribution in [0.5, 0.6) is 0 Å². The van der Waals surface area contributed by atoms with Crippen LogP contribution in [0.15, 0.2) is 84.4 Å². The third-order valence-corrected chi connectivity index (χ3v) is 30.6. The molecule has 0 radical (unpaired) electrons. The molecule has 25 atom stereocenters. The first-order chi connectivity index (χ1) is 43.1. The van der Waals surface area contributed by atoms with Gasteiger partial charge >= 0.3 is 5.97 Å². The van der Waals surface area contributed by atoms with Crippen LogP contribution < -0.4 is 5.32 Å². The summed E-state index contributed by atoms with van der Waals surface area (Å²) in [6.07, 6.45) is 17.1. The second kappa shape index (κ2) is 20.6. The second-order valence-corrected chi connectivity index (χ2v) is 33.0. The summed E-state index contributed by atoms with van der Waals surface area (Å²) in [6, 6.07) is 26.0. The van der Waals surface area contributed by atoms with Crippen LogP contribution in [0, 0.1) is 110 Å². The predicted octanol–water partition coefficient (Wildman–Crippen LogP) is 10.3. The van der Waals surface area contributed by atoms with Crippen molar-refractivity contribution >= 4 is 12.3 Å². The molecule has 3 aliphatic heterocycles. The lowest BCUT2D eigenvalue weighted by molar-refractivity contribution is -0.397. The molecular weight excluding hydrogens is 1110 g/mol. The normalized spacial score (nSPS) is 49.2. The van der Waals surface area contributed by atoms with Crippen molar-refractivity contribution < 1.29 is 49.7 Å². The highest BCUT2D eigenvalue weighted by molar-refractivity contribution is 5.87. The number of aliphatic hydroxyl groups is 6. The fourth-order valence-corrected chi connectivity index (χ4v) is 27.2. The van der Waals surface area contributed by atoms with Gasteiger partial charge in [0.1, 0.15) is 23.6 Å². The summed E-state index contributed by atoms with van der Waals surface area (Å²) in [7, 11) is 1.93. The van der Waals surface area contributed by atoms with Crippen molar-refractivity contribution in [3.05, 3.63) is 118 Å². The van der Waals surface area contributed by atoms with Crippen LogP contribution in [0.25, 0.3) is 0 Å². The Balaban J connectivity index is 0.884. The third kappa shape index (κ3) is 7.64. The number of rotatable bonds is 5. The molecular formula is C78H97NO10. The van der Waals surface area contributed by atoms with E-state index in [1.165, 1.54) is 16.7 Å². The zero-order valence-electron chi connectivity index (χ0n) is 52.7. The van der Waals surface area contributed by atoms with E-state index in [1.807, 2.05) is 25.2 Å². The van der Waals surface area contributed by atoms with Gasteiger partial charge in [0.15, 0.2) is 0 Å². The molecule has 3 aromatic rings. The molecule has 11 nitrogen and oxygen atoms in total. The molecule has 12 aliphatic carbocycles. The number of hydrogen-bond acceptors (Lipinski definition) is 11. The van der Waals surface area contributed by atoms with Gasteiger partial charge in [-0.3, -0.25) is 0 Å². The van der Waals surface area contributed by atoms with Gasteiger partial charge in [0, 0.05) is 63.0 Å². The molecule has 0 aromatic heterocycles. The van der Waals surface area contributed by atoms with E-state index < -0.39 is 92.3 Å². The molecule has 15 aliphatic rings. The SMILES string of the molecule is CNC1Cc2c(cccc2CO)C#CC2(CCCC2)CC23CCC4C5(C=O)CC67C(CC8Cc9cccc(c9)CC9CCC(C9)C(C)C9CCC(C6O8)C5(O)C(C9)C(O)C4(O)C2(O)CC2CC1C1OC(=O)C=C1C23CO)CC1CC(c2ccccc2)CCC17. The quantitative estimate of drug-likeness (QED) is 0.0733. The summed E-state index contributed by atoms with van der Waals surface area (Å²) in [6.45, 7) is 1.85. The maximum absolute atomic E-state index is 16.2. The average Bonchev–Trinajstić information content (AvgIpc) is 1.59. The number of nitrogens with one attached hydrogen (secondary N) is 1. The van der Waals surface area contributed by atoms with Crippen molar-refractivity contribution in [2.24, 2.45) is 98.1 Å². The monoisotopic (exact) mass is 1210 g/mol. The van der Waals surface area contributed by atoms with Crippen LogP contribution in [0.2, 0.25) is 0 Å². The molecule has 1 saturated heterocycles. The Kier molecular flexibility index (Phi) is 13.6. The predicted molar refractivity (Wildman–Crippen MR) is 336 cm³/mol. The molecule has 0 amide bonds. The molecule has 12 bridgehead atoms. The number of esters is 1. The lowest BCUT2D eigenvalue weighted by atomic mass is 9.30. The Labute approximate surface area is 527 Å². The number of aldehydes is 1. The molecule has 3 aromatic carbocycles. The maximum atomic E-state index is 16.2. The highest BCUT2D eigenvalue weighted by atomic mass is 16.5. The van der Waals surface area contributed by atoms with E-state index in [0.717, 1.165) is 119 Å². The van der Waals surface area contributed by atoms with Gasteiger partial charge in [-0.1, -0.05) is 98.3 Å². The summed E-state index contributed by atoms with van der Waals surface area (Å²) >= 11 is 0.